The lowest BCUT2D eigenvalue weighted by Gasteiger charge is -2.31. The summed E-state index contributed by atoms with van der Waals surface area (Å²) in [4.78, 5) is 28.1. The van der Waals surface area contributed by atoms with Crippen molar-refractivity contribution in [3.8, 4) is 5.75 Å². The fourth-order valence-corrected chi connectivity index (χ4v) is 3.78. The molecule has 0 heterocycles. The number of benzene rings is 3. The minimum atomic E-state index is -0.841. The van der Waals surface area contributed by atoms with Crippen molar-refractivity contribution in [3.05, 3.63) is 100 Å². The average molecular weight is 497 g/mol. The van der Waals surface area contributed by atoms with E-state index in [2.05, 4.69) is 5.32 Å². The summed E-state index contributed by atoms with van der Waals surface area (Å²) in [5.41, 5.74) is 2.04. The third-order valence-corrected chi connectivity index (χ3v) is 6.03. The van der Waals surface area contributed by atoms with Crippen molar-refractivity contribution in [1.29, 1.82) is 0 Å². The van der Waals surface area contributed by atoms with Crippen LogP contribution in [0.25, 0.3) is 0 Å². The summed E-state index contributed by atoms with van der Waals surface area (Å²) in [5, 5.41) is 3.49. The van der Waals surface area contributed by atoms with Crippen molar-refractivity contribution in [3.63, 3.8) is 0 Å². The number of carbonyl (C=O) groups is 2. The Balaban J connectivity index is 1.90. The van der Waals surface area contributed by atoms with Gasteiger partial charge in [-0.2, -0.15) is 0 Å². The number of rotatable bonds is 11. The second-order valence-corrected chi connectivity index (χ2v) is 8.72. The van der Waals surface area contributed by atoms with Gasteiger partial charge in [0.1, 0.15) is 17.6 Å². The number of hydrogen-bond acceptors (Lipinski definition) is 3. The molecule has 0 bridgehead atoms. The summed E-state index contributed by atoms with van der Waals surface area (Å²) in [5.74, 6) is -0.663. The van der Waals surface area contributed by atoms with E-state index in [1.165, 1.54) is 11.0 Å². The molecule has 7 heteroatoms. The number of nitrogens with one attached hydrogen (secondary N) is 1. The Labute approximate surface area is 210 Å². The summed E-state index contributed by atoms with van der Waals surface area (Å²) in [6.07, 6.45) is 1.04. The van der Waals surface area contributed by atoms with Crippen LogP contribution < -0.4 is 10.1 Å². The third kappa shape index (κ3) is 7.55. The molecule has 0 aliphatic rings. The van der Waals surface area contributed by atoms with Crippen LogP contribution in [0.5, 0.6) is 5.75 Å². The number of aryl methyl sites for hydroxylation is 1. The first-order valence-corrected chi connectivity index (χ1v) is 12.0. The molecule has 3 rings (SSSR count). The maximum atomic E-state index is 14.6. The molecule has 0 spiro atoms. The molecular formula is C28H30ClFN2O3. The maximum absolute atomic E-state index is 14.6. The van der Waals surface area contributed by atoms with Crippen molar-refractivity contribution in [2.75, 3.05) is 13.2 Å². The van der Waals surface area contributed by atoms with Gasteiger partial charge in [0.15, 0.2) is 6.61 Å². The van der Waals surface area contributed by atoms with E-state index >= 15 is 0 Å². The zero-order chi connectivity index (χ0) is 25.2. The average Bonchev–Trinajstić information content (AvgIpc) is 2.86. The van der Waals surface area contributed by atoms with E-state index in [1.807, 2.05) is 44.2 Å². The summed E-state index contributed by atoms with van der Waals surface area (Å²) in [7, 11) is 0. The van der Waals surface area contributed by atoms with E-state index in [9.17, 15) is 14.0 Å². The van der Waals surface area contributed by atoms with Crippen LogP contribution in [-0.2, 0) is 22.6 Å². The number of amides is 2. The maximum Gasteiger partial charge on any atom is 0.261 e. The molecule has 1 atom stereocenters. The Morgan fingerprint density at radius 2 is 1.77 bits per heavy atom. The van der Waals surface area contributed by atoms with Gasteiger partial charge in [-0.1, -0.05) is 67.1 Å². The predicted molar refractivity (Wildman–Crippen MR) is 136 cm³/mol. The molecular weight excluding hydrogens is 467 g/mol. The molecule has 0 saturated carbocycles. The Kier molecular flexibility index (Phi) is 9.67. The second-order valence-electron chi connectivity index (χ2n) is 8.31. The smallest absolute Gasteiger partial charge is 0.261 e. The van der Waals surface area contributed by atoms with Gasteiger partial charge in [-0.05, 0) is 48.7 Å². The van der Waals surface area contributed by atoms with Crippen molar-refractivity contribution in [2.45, 2.75) is 39.3 Å². The van der Waals surface area contributed by atoms with E-state index in [0.717, 1.165) is 17.5 Å². The number of ether oxygens (including phenoxy) is 1. The third-order valence-electron chi connectivity index (χ3n) is 5.61. The SMILES string of the molecule is CCCNC(=O)C(Cc1ccccc1)N(Cc1ccccc1F)C(=O)COc1ccc(Cl)c(C)c1. The Morgan fingerprint density at radius 3 is 2.46 bits per heavy atom. The number of hydrogen-bond donors (Lipinski definition) is 1. The number of halogens is 2. The normalized spacial score (nSPS) is 11.5. The van der Waals surface area contributed by atoms with Crippen LogP contribution in [0.4, 0.5) is 4.39 Å². The number of carbonyl (C=O) groups excluding carboxylic acids is 2. The highest BCUT2D eigenvalue weighted by molar-refractivity contribution is 6.31. The molecule has 3 aromatic carbocycles. The minimum absolute atomic E-state index is 0.0639. The molecule has 35 heavy (non-hydrogen) atoms. The van der Waals surface area contributed by atoms with Crippen LogP contribution in [0.1, 0.15) is 30.0 Å². The molecule has 0 aliphatic carbocycles. The Morgan fingerprint density at radius 1 is 1.06 bits per heavy atom. The van der Waals surface area contributed by atoms with Gasteiger partial charge in [0.2, 0.25) is 5.91 Å². The zero-order valence-electron chi connectivity index (χ0n) is 20.0. The van der Waals surface area contributed by atoms with Gasteiger partial charge in [0.25, 0.3) is 5.91 Å². The van der Waals surface area contributed by atoms with Crippen LogP contribution in [0, 0.1) is 12.7 Å². The number of nitrogens with zero attached hydrogens (tertiary/aromatic N) is 1. The summed E-state index contributed by atoms with van der Waals surface area (Å²) < 4.78 is 20.3. The minimum Gasteiger partial charge on any atom is -0.484 e. The van der Waals surface area contributed by atoms with Gasteiger partial charge in [-0.3, -0.25) is 9.59 Å². The highest BCUT2D eigenvalue weighted by atomic mass is 35.5. The van der Waals surface area contributed by atoms with E-state index in [0.29, 0.717) is 22.9 Å². The van der Waals surface area contributed by atoms with Gasteiger partial charge in [-0.25, -0.2) is 4.39 Å². The van der Waals surface area contributed by atoms with Crippen LogP contribution in [0.15, 0.2) is 72.8 Å². The molecule has 2 amide bonds. The summed E-state index contributed by atoms with van der Waals surface area (Å²) in [6, 6.07) is 20.0. The van der Waals surface area contributed by atoms with Crippen molar-refractivity contribution in [2.24, 2.45) is 0 Å². The van der Waals surface area contributed by atoms with Gasteiger partial charge in [-0.15, -0.1) is 0 Å². The molecule has 184 valence electrons. The highest BCUT2D eigenvalue weighted by Crippen LogP contribution is 2.22. The zero-order valence-corrected chi connectivity index (χ0v) is 20.7. The lowest BCUT2D eigenvalue weighted by Crippen LogP contribution is -2.52. The summed E-state index contributed by atoms with van der Waals surface area (Å²) >= 11 is 6.08. The highest BCUT2D eigenvalue weighted by Gasteiger charge is 2.31. The molecule has 0 fully saturated rings. The first kappa shape index (κ1) is 26.2. The van der Waals surface area contributed by atoms with Gasteiger partial charge in [0, 0.05) is 30.1 Å². The van der Waals surface area contributed by atoms with Crippen LogP contribution in [0.3, 0.4) is 0 Å². The van der Waals surface area contributed by atoms with Crippen molar-refractivity contribution in [1.82, 2.24) is 10.2 Å². The molecule has 3 aromatic rings. The van der Waals surface area contributed by atoms with Gasteiger partial charge < -0.3 is 15.0 Å². The molecule has 0 radical (unpaired) electrons. The standard InChI is InChI=1S/C28H30ClFN2O3/c1-3-15-31-28(34)26(17-21-9-5-4-6-10-21)32(18-22-11-7-8-12-25(22)30)27(33)19-35-23-13-14-24(29)20(2)16-23/h4-14,16,26H,3,15,17-19H2,1-2H3,(H,31,34). The van der Waals surface area contributed by atoms with Gasteiger partial charge in [0.05, 0.1) is 0 Å². The Bertz CT molecular complexity index is 1140. The lowest BCUT2D eigenvalue weighted by molar-refractivity contribution is -0.142. The lowest BCUT2D eigenvalue weighted by atomic mass is 10.0. The van der Waals surface area contributed by atoms with E-state index in [4.69, 9.17) is 16.3 Å². The summed E-state index contributed by atoms with van der Waals surface area (Å²) in [6.45, 7) is 3.91. The molecule has 0 saturated heterocycles. The van der Waals surface area contributed by atoms with Crippen LogP contribution >= 0.6 is 11.6 Å². The van der Waals surface area contributed by atoms with Gasteiger partial charge >= 0.3 is 0 Å². The fourth-order valence-electron chi connectivity index (χ4n) is 3.67. The second kappa shape index (κ2) is 12.9. The largest absolute Gasteiger partial charge is 0.484 e. The van der Waals surface area contributed by atoms with Crippen molar-refractivity contribution >= 4 is 23.4 Å². The predicted octanol–water partition coefficient (Wildman–Crippen LogP) is 5.33. The van der Waals surface area contributed by atoms with Crippen molar-refractivity contribution < 1.29 is 18.7 Å². The molecule has 1 unspecified atom stereocenters. The quantitative estimate of drug-likeness (QED) is 0.390. The first-order valence-electron chi connectivity index (χ1n) is 11.6. The molecule has 5 nitrogen and oxygen atoms in total. The van der Waals surface area contributed by atoms with Crippen LogP contribution in [0.2, 0.25) is 5.02 Å². The Hall–Kier alpha value is -3.38. The monoisotopic (exact) mass is 496 g/mol. The van der Waals surface area contributed by atoms with E-state index < -0.39 is 17.8 Å². The first-order chi connectivity index (χ1) is 16.9. The van der Waals surface area contributed by atoms with Crippen LogP contribution in [-0.4, -0.2) is 35.9 Å². The molecule has 1 N–H and O–H groups in total. The fraction of sp³-hybridized carbons (Fsp3) is 0.286. The van der Waals surface area contributed by atoms with E-state index in [1.54, 1.807) is 36.4 Å². The van der Waals surface area contributed by atoms with E-state index in [-0.39, 0.29) is 25.5 Å². The topological polar surface area (TPSA) is 58.6 Å². The molecule has 0 aromatic heterocycles. The molecule has 0 aliphatic heterocycles.